The Kier molecular flexibility index (Phi) is 4.81. The molecule has 2 aromatic carbocycles. The lowest BCUT2D eigenvalue weighted by atomic mass is 9.91. The number of hydrogen-bond acceptors (Lipinski definition) is 2. The highest BCUT2D eigenvalue weighted by Crippen LogP contribution is 2.25. The van der Waals surface area contributed by atoms with E-state index in [0.29, 0.717) is 6.54 Å². The molecule has 106 valence electrons. The maximum Gasteiger partial charge on any atom is 0.0966 e. The summed E-state index contributed by atoms with van der Waals surface area (Å²) in [6.07, 6.45) is -0.559. The van der Waals surface area contributed by atoms with Crippen molar-refractivity contribution in [1.82, 2.24) is 5.32 Å². The summed E-state index contributed by atoms with van der Waals surface area (Å²) in [5.74, 6) is 0. The first kappa shape index (κ1) is 15.0. The quantitative estimate of drug-likeness (QED) is 0.874. The van der Waals surface area contributed by atoms with E-state index in [1.807, 2.05) is 68.4 Å². The maximum atomic E-state index is 10.5. The van der Waals surface area contributed by atoms with Crippen molar-refractivity contribution < 1.29 is 5.11 Å². The Bertz CT molecular complexity index is 537. The Morgan fingerprint density at radius 3 is 2.25 bits per heavy atom. The lowest BCUT2D eigenvalue weighted by molar-refractivity contribution is 0.0791. The van der Waals surface area contributed by atoms with Gasteiger partial charge in [0.05, 0.1) is 6.10 Å². The van der Waals surface area contributed by atoms with Crippen molar-refractivity contribution in [3.8, 4) is 0 Å². The summed E-state index contributed by atoms with van der Waals surface area (Å²) in [6, 6.07) is 17.4. The number of aliphatic hydroxyl groups excluding tert-OH is 1. The molecule has 1 atom stereocenters. The molecular weight excluding hydrogens is 270 g/mol. The van der Waals surface area contributed by atoms with Gasteiger partial charge in [-0.1, -0.05) is 54.1 Å². The molecule has 0 saturated heterocycles. The number of benzene rings is 2. The van der Waals surface area contributed by atoms with Gasteiger partial charge in [-0.25, -0.2) is 0 Å². The van der Waals surface area contributed by atoms with Crippen LogP contribution in [-0.4, -0.2) is 10.6 Å². The average Bonchev–Trinajstić information content (AvgIpc) is 2.47. The van der Waals surface area contributed by atoms with Crippen LogP contribution in [0.15, 0.2) is 54.6 Å². The second-order valence-electron chi connectivity index (χ2n) is 5.51. The minimum absolute atomic E-state index is 0.416. The molecule has 0 aliphatic carbocycles. The van der Waals surface area contributed by atoms with E-state index < -0.39 is 11.6 Å². The summed E-state index contributed by atoms with van der Waals surface area (Å²) in [4.78, 5) is 0. The molecule has 0 saturated carbocycles. The van der Waals surface area contributed by atoms with Crippen LogP contribution >= 0.6 is 11.6 Å². The molecule has 0 bridgehead atoms. The first-order valence-electron chi connectivity index (χ1n) is 6.71. The molecule has 0 radical (unpaired) electrons. The molecule has 20 heavy (non-hydrogen) atoms. The Balaban J connectivity index is 2.01. The van der Waals surface area contributed by atoms with Gasteiger partial charge in [0.2, 0.25) is 0 Å². The predicted molar refractivity (Wildman–Crippen MR) is 83.8 cm³/mol. The fraction of sp³-hybridized carbons (Fsp3) is 0.294. The molecule has 0 spiro atoms. The molecule has 2 nitrogen and oxygen atoms in total. The highest BCUT2D eigenvalue weighted by molar-refractivity contribution is 6.30. The van der Waals surface area contributed by atoms with E-state index in [-0.39, 0.29) is 0 Å². The Morgan fingerprint density at radius 2 is 1.65 bits per heavy atom. The molecule has 2 aromatic rings. The molecule has 0 aliphatic heterocycles. The van der Waals surface area contributed by atoms with Gasteiger partial charge in [-0.2, -0.15) is 0 Å². The van der Waals surface area contributed by atoms with E-state index in [4.69, 9.17) is 11.6 Å². The summed E-state index contributed by atoms with van der Waals surface area (Å²) in [7, 11) is 0. The van der Waals surface area contributed by atoms with Gasteiger partial charge in [0, 0.05) is 17.1 Å². The first-order chi connectivity index (χ1) is 9.49. The van der Waals surface area contributed by atoms with Crippen molar-refractivity contribution in [1.29, 1.82) is 0 Å². The average molecular weight is 290 g/mol. The summed E-state index contributed by atoms with van der Waals surface area (Å²) in [6.45, 7) is 4.69. The fourth-order valence-corrected chi connectivity index (χ4v) is 2.21. The van der Waals surface area contributed by atoms with E-state index >= 15 is 0 Å². The fourth-order valence-electron chi connectivity index (χ4n) is 2.08. The highest BCUT2D eigenvalue weighted by Gasteiger charge is 2.28. The Morgan fingerprint density at radius 1 is 1.05 bits per heavy atom. The SMILES string of the molecule is CC(C)(NCc1ccc(Cl)cc1)C(O)c1ccccc1. The lowest BCUT2D eigenvalue weighted by Crippen LogP contribution is -2.44. The summed E-state index contributed by atoms with van der Waals surface area (Å²) in [5.41, 5.74) is 1.64. The molecule has 3 heteroatoms. The summed E-state index contributed by atoms with van der Waals surface area (Å²) < 4.78 is 0. The highest BCUT2D eigenvalue weighted by atomic mass is 35.5. The minimum Gasteiger partial charge on any atom is -0.387 e. The van der Waals surface area contributed by atoms with Crippen molar-refractivity contribution in [2.24, 2.45) is 0 Å². The second-order valence-corrected chi connectivity index (χ2v) is 5.95. The normalized spacial score (nSPS) is 13.2. The zero-order chi connectivity index (χ0) is 14.6. The molecular formula is C17H20ClNO. The van der Waals surface area contributed by atoms with Gasteiger partial charge in [-0.15, -0.1) is 0 Å². The van der Waals surface area contributed by atoms with Gasteiger partial charge in [-0.05, 0) is 37.1 Å². The third-order valence-electron chi connectivity index (χ3n) is 3.46. The van der Waals surface area contributed by atoms with Crippen molar-refractivity contribution >= 4 is 11.6 Å². The third kappa shape index (κ3) is 3.83. The van der Waals surface area contributed by atoms with E-state index in [1.165, 1.54) is 0 Å². The van der Waals surface area contributed by atoms with Gasteiger partial charge in [0.25, 0.3) is 0 Å². The molecule has 0 aromatic heterocycles. The van der Waals surface area contributed by atoms with E-state index in [1.54, 1.807) is 0 Å². The molecule has 0 aliphatic rings. The molecule has 0 amide bonds. The van der Waals surface area contributed by atoms with Crippen LogP contribution in [0.3, 0.4) is 0 Å². The number of hydrogen-bond donors (Lipinski definition) is 2. The number of halogens is 1. The van der Waals surface area contributed by atoms with Crippen molar-refractivity contribution in [3.05, 3.63) is 70.7 Å². The predicted octanol–water partition coefficient (Wildman–Crippen LogP) is 3.94. The molecule has 2 rings (SSSR count). The van der Waals surface area contributed by atoms with Crippen molar-refractivity contribution in [3.63, 3.8) is 0 Å². The number of aliphatic hydroxyl groups is 1. The first-order valence-corrected chi connectivity index (χ1v) is 7.09. The van der Waals surface area contributed by atoms with E-state index in [9.17, 15) is 5.11 Å². The second kappa shape index (κ2) is 6.40. The van der Waals surface area contributed by atoms with Crippen LogP contribution in [0.5, 0.6) is 0 Å². The molecule has 0 heterocycles. The minimum atomic E-state index is -0.559. The van der Waals surface area contributed by atoms with Crippen LogP contribution in [0.4, 0.5) is 0 Å². The standard InChI is InChI=1S/C17H20ClNO/c1-17(2,16(20)14-6-4-3-5-7-14)19-12-13-8-10-15(18)11-9-13/h3-11,16,19-20H,12H2,1-2H3. The van der Waals surface area contributed by atoms with E-state index in [2.05, 4.69) is 5.32 Å². The zero-order valence-electron chi connectivity index (χ0n) is 11.8. The number of rotatable bonds is 5. The maximum absolute atomic E-state index is 10.5. The topological polar surface area (TPSA) is 32.3 Å². The smallest absolute Gasteiger partial charge is 0.0966 e. The summed E-state index contributed by atoms with van der Waals surface area (Å²) >= 11 is 5.87. The largest absolute Gasteiger partial charge is 0.387 e. The number of nitrogens with one attached hydrogen (secondary N) is 1. The molecule has 1 unspecified atom stereocenters. The van der Waals surface area contributed by atoms with Crippen LogP contribution in [0.2, 0.25) is 5.02 Å². The van der Waals surface area contributed by atoms with Crippen LogP contribution in [0.25, 0.3) is 0 Å². The van der Waals surface area contributed by atoms with Crippen LogP contribution < -0.4 is 5.32 Å². The lowest BCUT2D eigenvalue weighted by Gasteiger charge is -2.32. The Labute approximate surface area is 125 Å². The molecule has 0 fully saturated rings. The van der Waals surface area contributed by atoms with Gasteiger partial charge < -0.3 is 10.4 Å². The monoisotopic (exact) mass is 289 g/mol. The van der Waals surface area contributed by atoms with E-state index in [0.717, 1.165) is 16.1 Å². The Hall–Kier alpha value is -1.35. The third-order valence-corrected chi connectivity index (χ3v) is 3.71. The van der Waals surface area contributed by atoms with Crippen molar-refractivity contribution in [2.75, 3.05) is 0 Å². The summed E-state index contributed by atoms with van der Waals surface area (Å²) in [5, 5.41) is 14.6. The van der Waals surface area contributed by atoms with Crippen LogP contribution in [-0.2, 0) is 6.54 Å². The molecule has 2 N–H and O–H groups in total. The van der Waals surface area contributed by atoms with Gasteiger partial charge >= 0.3 is 0 Å². The van der Waals surface area contributed by atoms with Gasteiger partial charge in [-0.3, -0.25) is 0 Å². The van der Waals surface area contributed by atoms with Crippen LogP contribution in [0, 0.1) is 0 Å². The van der Waals surface area contributed by atoms with Crippen molar-refractivity contribution in [2.45, 2.75) is 32.0 Å². The zero-order valence-corrected chi connectivity index (χ0v) is 12.6. The van der Waals surface area contributed by atoms with Crippen LogP contribution in [0.1, 0.15) is 31.1 Å². The van der Waals surface area contributed by atoms with Gasteiger partial charge in [0.15, 0.2) is 0 Å². The van der Waals surface area contributed by atoms with Gasteiger partial charge in [0.1, 0.15) is 0 Å².